The highest BCUT2D eigenvalue weighted by atomic mass is 79.9. The molecule has 0 bridgehead atoms. The summed E-state index contributed by atoms with van der Waals surface area (Å²) in [6, 6.07) is 12.5. The molecule has 0 unspecified atom stereocenters. The lowest BCUT2D eigenvalue weighted by Gasteiger charge is -2.12. The zero-order valence-electron chi connectivity index (χ0n) is 14.6. The van der Waals surface area contributed by atoms with Gasteiger partial charge in [0.05, 0.1) is 10.6 Å². The number of carbonyl (C=O) groups is 1. The molecule has 25 heavy (non-hydrogen) atoms. The number of nitrogens with one attached hydrogen (secondary N) is 1. The summed E-state index contributed by atoms with van der Waals surface area (Å²) in [5, 5.41) is 2.86. The normalized spacial score (nSPS) is 10.4. The molecule has 0 radical (unpaired) electrons. The molecule has 0 aliphatic carbocycles. The lowest BCUT2D eigenvalue weighted by atomic mass is 10.2. The molecule has 2 rings (SSSR count). The number of amides is 1. The van der Waals surface area contributed by atoms with E-state index >= 15 is 0 Å². The number of hydrogen-bond donors (Lipinski definition) is 1. The van der Waals surface area contributed by atoms with Crippen LogP contribution >= 0.6 is 15.9 Å². The van der Waals surface area contributed by atoms with Crippen LogP contribution in [0.25, 0.3) is 0 Å². The van der Waals surface area contributed by atoms with Gasteiger partial charge >= 0.3 is 0 Å². The molecule has 0 fully saturated rings. The fraction of sp³-hybridized carbons (Fsp3) is 0.250. The Hall–Kier alpha value is -2.27. The Morgan fingerprint density at radius 3 is 2.44 bits per heavy atom. The second kappa shape index (κ2) is 8.72. The summed E-state index contributed by atoms with van der Waals surface area (Å²) < 4.78 is 11.9. The minimum absolute atomic E-state index is 0.0709. The maximum absolute atomic E-state index is 12.4. The Kier molecular flexibility index (Phi) is 6.65. The smallest absolute Gasteiger partial charge is 0.255 e. The molecule has 0 saturated heterocycles. The topological polar surface area (TPSA) is 47.6 Å². The van der Waals surface area contributed by atoms with Crippen LogP contribution in [0.4, 0.5) is 5.69 Å². The minimum Gasteiger partial charge on any atom is -0.490 e. The number of benzene rings is 2. The quantitative estimate of drug-likeness (QED) is 0.625. The van der Waals surface area contributed by atoms with Crippen LogP contribution in [0.1, 0.15) is 31.1 Å². The Balaban J connectivity index is 2.01. The Morgan fingerprint density at radius 2 is 1.88 bits per heavy atom. The molecule has 0 saturated carbocycles. The van der Waals surface area contributed by atoms with Crippen LogP contribution < -0.4 is 14.8 Å². The summed E-state index contributed by atoms with van der Waals surface area (Å²) in [5.41, 5.74) is 2.20. The highest BCUT2D eigenvalue weighted by molar-refractivity contribution is 9.10. The van der Waals surface area contributed by atoms with E-state index in [2.05, 4.69) is 27.8 Å². The maximum atomic E-state index is 12.4. The summed E-state index contributed by atoms with van der Waals surface area (Å²) in [5.74, 6) is 1.26. The van der Waals surface area contributed by atoms with Crippen molar-refractivity contribution < 1.29 is 14.3 Å². The van der Waals surface area contributed by atoms with Crippen LogP contribution in [0.15, 0.2) is 59.1 Å². The maximum Gasteiger partial charge on any atom is 0.255 e. The van der Waals surface area contributed by atoms with Crippen molar-refractivity contribution in [2.45, 2.75) is 26.9 Å². The fourth-order valence-electron chi connectivity index (χ4n) is 2.04. The standard InChI is InChI=1S/C20H22BrNO3/c1-13(2)12-24-17-8-6-16(7-9-17)22-20(23)15-5-10-19(18(21)11-15)25-14(3)4/h5-11,14H,1,12H2,2-4H3,(H,22,23). The molecule has 1 amide bonds. The molecule has 0 aliphatic heterocycles. The lowest BCUT2D eigenvalue weighted by Crippen LogP contribution is -2.12. The third-order valence-corrected chi connectivity index (χ3v) is 3.77. The van der Waals surface area contributed by atoms with Gasteiger partial charge in [0.2, 0.25) is 0 Å². The molecule has 132 valence electrons. The van der Waals surface area contributed by atoms with Crippen LogP contribution in [-0.4, -0.2) is 18.6 Å². The number of hydrogen-bond acceptors (Lipinski definition) is 3. The molecule has 1 N–H and O–H groups in total. The zero-order valence-corrected chi connectivity index (χ0v) is 16.2. The average Bonchev–Trinajstić information content (AvgIpc) is 2.55. The van der Waals surface area contributed by atoms with Crippen molar-refractivity contribution in [2.24, 2.45) is 0 Å². The van der Waals surface area contributed by atoms with Crippen LogP contribution in [-0.2, 0) is 0 Å². The largest absolute Gasteiger partial charge is 0.490 e. The second-order valence-electron chi connectivity index (χ2n) is 6.04. The Labute approximate surface area is 157 Å². The molecule has 5 heteroatoms. The van der Waals surface area contributed by atoms with Gasteiger partial charge in [-0.1, -0.05) is 6.58 Å². The first kappa shape index (κ1) is 19.1. The zero-order chi connectivity index (χ0) is 18.4. The van der Waals surface area contributed by atoms with E-state index < -0.39 is 0 Å². The van der Waals surface area contributed by atoms with Crippen molar-refractivity contribution in [1.82, 2.24) is 0 Å². The number of anilines is 1. The molecule has 0 aromatic heterocycles. The van der Waals surface area contributed by atoms with E-state index in [0.717, 1.165) is 15.8 Å². The van der Waals surface area contributed by atoms with E-state index in [1.807, 2.05) is 32.9 Å². The molecular formula is C20H22BrNO3. The fourth-order valence-corrected chi connectivity index (χ4v) is 2.51. The number of rotatable bonds is 7. The molecule has 0 heterocycles. The van der Waals surface area contributed by atoms with Gasteiger partial charge in [-0.05, 0) is 84.7 Å². The predicted octanol–water partition coefficient (Wildman–Crippen LogP) is 5.44. The van der Waals surface area contributed by atoms with Gasteiger partial charge in [0, 0.05) is 11.3 Å². The number of carbonyl (C=O) groups excluding carboxylic acids is 1. The van der Waals surface area contributed by atoms with Crippen molar-refractivity contribution >= 4 is 27.5 Å². The average molecular weight is 404 g/mol. The third kappa shape index (κ3) is 5.94. The van der Waals surface area contributed by atoms with E-state index in [4.69, 9.17) is 9.47 Å². The highest BCUT2D eigenvalue weighted by Gasteiger charge is 2.10. The second-order valence-corrected chi connectivity index (χ2v) is 6.89. The van der Waals surface area contributed by atoms with Gasteiger partial charge in [-0.25, -0.2) is 0 Å². The monoisotopic (exact) mass is 403 g/mol. The first-order chi connectivity index (χ1) is 11.8. The van der Waals surface area contributed by atoms with E-state index in [-0.39, 0.29) is 12.0 Å². The molecular weight excluding hydrogens is 382 g/mol. The molecule has 4 nitrogen and oxygen atoms in total. The van der Waals surface area contributed by atoms with Crippen molar-refractivity contribution in [2.75, 3.05) is 11.9 Å². The summed E-state index contributed by atoms with van der Waals surface area (Å²) >= 11 is 3.44. The number of halogens is 1. The summed E-state index contributed by atoms with van der Waals surface area (Å²) in [6.07, 6.45) is 0.0709. The lowest BCUT2D eigenvalue weighted by molar-refractivity contribution is 0.102. The van der Waals surface area contributed by atoms with Gasteiger partial charge in [-0.3, -0.25) is 4.79 Å². The van der Waals surface area contributed by atoms with Crippen molar-refractivity contribution in [3.05, 3.63) is 64.7 Å². The van der Waals surface area contributed by atoms with Crippen LogP contribution in [0.3, 0.4) is 0 Å². The molecule has 0 aliphatic rings. The molecule has 2 aromatic carbocycles. The summed E-state index contributed by atoms with van der Waals surface area (Å²) in [6.45, 7) is 10.1. The van der Waals surface area contributed by atoms with Gasteiger partial charge in [0.1, 0.15) is 18.1 Å². The first-order valence-electron chi connectivity index (χ1n) is 8.00. The van der Waals surface area contributed by atoms with Crippen molar-refractivity contribution in [1.29, 1.82) is 0 Å². The minimum atomic E-state index is -0.188. The summed E-state index contributed by atoms with van der Waals surface area (Å²) in [7, 11) is 0. The van der Waals surface area contributed by atoms with Gasteiger partial charge in [0.15, 0.2) is 0 Å². The molecule has 0 spiro atoms. The van der Waals surface area contributed by atoms with Crippen LogP contribution in [0, 0.1) is 0 Å². The van der Waals surface area contributed by atoms with E-state index in [1.54, 1.807) is 30.3 Å². The van der Waals surface area contributed by atoms with E-state index in [1.165, 1.54) is 0 Å². The van der Waals surface area contributed by atoms with Crippen LogP contribution in [0.2, 0.25) is 0 Å². The summed E-state index contributed by atoms with van der Waals surface area (Å²) in [4.78, 5) is 12.4. The third-order valence-electron chi connectivity index (χ3n) is 3.15. The van der Waals surface area contributed by atoms with Gasteiger partial charge in [0.25, 0.3) is 5.91 Å². The first-order valence-corrected chi connectivity index (χ1v) is 8.79. The van der Waals surface area contributed by atoms with E-state index in [9.17, 15) is 4.79 Å². The van der Waals surface area contributed by atoms with Crippen molar-refractivity contribution in [3.63, 3.8) is 0 Å². The van der Waals surface area contributed by atoms with E-state index in [0.29, 0.717) is 23.6 Å². The Bertz CT molecular complexity index is 754. The predicted molar refractivity (Wildman–Crippen MR) is 105 cm³/mol. The van der Waals surface area contributed by atoms with Gasteiger partial charge < -0.3 is 14.8 Å². The van der Waals surface area contributed by atoms with Gasteiger partial charge in [-0.15, -0.1) is 0 Å². The van der Waals surface area contributed by atoms with Crippen LogP contribution in [0.5, 0.6) is 11.5 Å². The van der Waals surface area contributed by atoms with Gasteiger partial charge in [-0.2, -0.15) is 0 Å². The highest BCUT2D eigenvalue weighted by Crippen LogP contribution is 2.27. The SMILES string of the molecule is C=C(C)COc1ccc(NC(=O)c2ccc(OC(C)C)c(Br)c2)cc1. The number of ether oxygens (including phenoxy) is 2. The molecule has 0 atom stereocenters. The molecule has 2 aromatic rings. The Morgan fingerprint density at radius 1 is 1.20 bits per heavy atom. The van der Waals surface area contributed by atoms with Crippen molar-refractivity contribution in [3.8, 4) is 11.5 Å².